The number of sulfonamides is 1. The molecule has 0 aliphatic carbocycles. The van der Waals surface area contributed by atoms with Crippen molar-refractivity contribution in [3.63, 3.8) is 0 Å². The van der Waals surface area contributed by atoms with Crippen LogP contribution < -0.4 is 20.3 Å². The van der Waals surface area contributed by atoms with Gasteiger partial charge in [0, 0.05) is 24.1 Å². The maximum Gasteiger partial charge on any atom is 0.513 e. The third kappa shape index (κ3) is 5.09. The molecule has 0 saturated heterocycles. The number of aromatic amines is 2. The Labute approximate surface area is 205 Å². The van der Waals surface area contributed by atoms with E-state index in [1.807, 2.05) is 0 Å². The minimum absolute atomic E-state index is 0. The lowest BCUT2D eigenvalue weighted by molar-refractivity contribution is 0.0991. The molecule has 2 aromatic carbocycles. The van der Waals surface area contributed by atoms with E-state index in [0.717, 1.165) is 16.4 Å². The summed E-state index contributed by atoms with van der Waals surface area (Å²) in [5.74, 6) is -0.488. The minimum atomic E-state index is -4.04. The number of ether oxygens (including phenoxy) is 2. The van der Waals surface area contributed by atoms with Crippen LogP contribution in [0.15, 0.2) is 58.4 Å². The third-order valence-corrected chi connectivity index (χ3v) is 6.97. The van der Waals surface area contributed by atoms with Gasteiger partial charge in [-0.15, -0.1) is 12.4 Å². The van der Waals surface area contributed by atoms with Gasteiger partial charge < -0.3 is 25.2 Å². The van der Waals surface area contributed by atoms with Crippen LogP contribution in [0.3, 0.4) is 0 Å². The lowest BCUT2D eigenvalue weighted by Crippen LogP contribution is -2.26. The average Bonchev–Trinajstić information content (AvgIpc) is 3.23. The molecule has 0 atom stereocenters. The first kappa shape index (κ1) is 26.0. The van der Waals surface area contributed by atoms with Crippen LogP contribution in [-0.2, 0) is 14.8 Å². The summed E-state index contributed by atoms with van der Waals surface area (Å²) >= 11 is 0. The number of nitrogens with zero attached hydrogens (tertiary/aromatic N) is 1. The molecule has 0 spiro atoms. The van der Waals surface area contributed by atoms with Gasteiger partial charge in [-0.25, -0.2) is 17.6 Å². The molecule has 2 heterocycles. The van der Waals surface area contributed by atoms with E-state index in [2.05, 4.69) is 9.97 Å². The number of hydrogen-bond acceptors (Lipinski definition) is 7. The van der Waals surface area contributed by atoms with Crippen LogP contribution >= 0.6 is 12.4 Å². The predicted octanol–water partition coefficient (Wildman–Crippen LogP) is 3.26. The molecule has 0 aliphatic heterocycles. The van der Waals surface area contributed by atoms with Gasteiger partial charge in [0.1, 0.15) is 11.3 Å². The van der Waals surface area contributed by atoms with Crippen LogP contribution in [-0.4, -0.2) is 44.7 Å². The Morgan fingerprint density at radius 3 is 2.57 bits per heavy atom. The summed E-state index contributed by atoms with van der Waals surface area (Å²) in [5, 5.41) is 0.546. The van der Waals surface area contributed by atoms with Crippen molar-refractivity contribution in [2.24, 2.45) is 5.73 Å². The fraction of sp³-hybridized carbons (Fsp3) is 0.182. The molecule has 4 N–H and O–H groups in total. The van der Waals surface area contributed by atoms with Crippen molar-refractivity contribution >= 4 is 56.1 Å². The number of anilines is 1. The molecule has 0 amide bonds. The molecule has 186 valence electrons. The quantitative estimate of drug-likeness (QED) is 0.248. The summed E-state index contributed by atoms with van der Waals surface area (Å²) < 4.78 is 51.0. The number of pyridine rings is 1. The fourth-order valence-electron chi connectivity index (χ4n) is 3.42. The molecule has 0 aliphatic rings. The van der Waals surface area contributed by atoms with Crippen molar-refractivity contribution < 1.29 is 27.1 Å². The molecule has 13 heteroatoms. The predicted molar refractivity (Wildman–Crippen MR) is 131 cm³/mol. The third-order valence-electron chi connectivity index (χ3n) is 5.19. The Kier molecular flexibility index (Phi) is 7.68. The lowest BCUT2D eigenvalue weighted by atomic mass is 10.1. The molecule has 4 aromatic rings. The second-order valence-corrected chi connectivity index (χ2v) is 9.33. The van der Waals surface area contributed by atoms with E-state index in [1.165, 1.54) is 43.6 Å². The van der Waals surface area contributed by atoms with Gasteiger partial charge in [-0.2, -0.15) is 0 Å². The number of nitrogens with one attached hydrogen (secondary N) is 2. The number of H-pyrrole nitrogens is 2. The van der Waals surface area contributed by atoms with Crippen LogP contribution in [0.25, 0.3) is 21.8 Å². The molecular weight excluding hydrogens is 503 g/mol. The summed E-state index contributed by atoms with van der Waals surface area (Å²) in [5.41, 5.74) is 5.59. The van der Waals surface area contributed by atoms with E-state index in [4.69, 9.17) is 15.2 Å². The van der Waals surface area contributed by atoms with E-state index in [0.29, 0.717) is 23.9 Å². The molecule has 35 heavy (non-hydrogen) atoms. The number of nitrogens with two attached hydrogens (primary N) is 1. The van der Waals surface area contributed by atoms with Crippen LogP contribution in [0.5, 0.6) is 5.75 Å². The molecule has 0 unspecified atom stereocenters. The Morgan fingerprint density at radius 2 is 1.89 bits per heavy atom. The molecule has 2 aromatic heterocycles. The number of benzene rings is 2. The molecule has 0 fully saturated rings. The van der Waals surface area contributed by atoms with Gasteiger partial charge in [0.2, 0.25) is 0 Å². The number of hydrogen-bond donors (Lipinski definition) is 3. The van der Waals surface area contributed by atoms with Crippen molar-refractivity contribution in [2.75, 3.05) is 24.5 Å². The highest BCUT2D eigenvalue weighted by molar-refractivity contribution is 7.92. The summed E-state index contributed by atoms with van der Waals surface area (Å²) in [7, 11) is -2.70. The first-order valence-corrected chi connectivity index (χ1v) is 11.6. The van der Waals surface area contributed by atoms with Gasteiger partial charge in [-0.05, 0) is 55.4 Å². The van der Waals surface area contributed by atoms with Crippen molar-refractivity contribution in [1.29, 1.82) is 0 Å². The molecule has 10 nitrogen and oxygen atoms in total. The van der Waals surface area contributed by atoms with Crippen molar-refractivity contribution in [2.45, 2.75) is 11.3 Å². The maximum absolute atomic E-state index is 13.3. The van der Waals surface area contributed by atoms with Crippen molar-refractivity contribution in [3.8, 4) is 5.75 Å². The zero-order chi connectivity index (χ0) is 24.5. The lowest BCUT2D eigenvalue weighted by Gasteiger charge is -2.20. The topological polar surface area (TPSA) is 148 Å². The van der Waals surface area contributed by atoms with Gasteiger partial charge in [-0.1, -0.05) is 0 Å². The Morgan fingerprint density at radius 1 is 1.17 bits per heavy atom. The largest absolute Gasteiger partial charge is 0.513 e. The summed E-state index contributed by atoms with van der Waals surface area (Å²) in [4.78, 5) is 29.8. The zero-order valence-corrected chi connectivity index (χ0v) is 20.0. The highest BCUT2D eigenvalue weighted by Crippen LogP contribution is 2.33. The smallest absolute Gasteiger partial charge is 0.434 e. The molecule has 0 saturated carbocycles. The molecule has 0 bridgehead atoms. The number of carbonyl (C=O) groups is 1. The van der Waals surface area contributed by atoms with Crippen molar-refractivity contribution in [1.82, 2.24) is 9.97 Å². The first-order valence-electron chi connectivity index (χ1n) is 10.2. The number of fused-ring (bicyclic) bond motifs is 3. The number of aromatic nitrogens is 2. The standard InChI is InChI=1S/C22H21FN4O6S.ClH/c1-27(14-5-3-13(23)4-6-14)34(30,31)15-7-8-17-16(11-15)19-18(12-25-20(19)21(28)26-17)33-22(29)32-10-2-9-24;/h3-8,11-12,25H,2,9-10,24H2,1H3,(H,26,28);1H. The summed E-state index contributed by atoms with van der Waals surface area (Å²) in [6.45, 7) is 0.404. The summed E-state index contributed by atoms with van der Waals surface area (Å²) in [6, 6.07) is 9.16. The monoisotopic (exact) mass is 524 g/mol. The van der Waals surface area contributed by atoms with E-state index < -0.39 is 27.6 Å². The zero-order valence-electron chi connectivity index (χ0n) is 18.4. The van der Waals surface area contributed by atoms with E-state index in [9.17, 15) is 22.4 Å². The van der Waals surface area contributed by atoms with Crippen LogP contribution in [0.4, 0.5) is 14.9 Å². The summed E-state index contributed by atoms with van der Waals surface area (Å²) in [6.07, 6.45) is 0.784. The van der Waals surface area contributed by atoms with E-state index >= 15 is 0 Å². The second kappa shape index (κ2) is 10.3. The van der Waals surface area contributed by atoms with Crippen LogP contribution in [0.2, 0.25) is 0 Å². The Balaban J connectivity index is 0.00000342. The van der Waals surface area contributed by atoms with Crippen LogP contribution in [0, 0.1) is 5.82 Å². The van der Waals surface area contributed by atoms with Gasteiger partial charge in [0.25, 0.3) is 15.6 Å². The Hall–Kier alpha value is -3.61. The number of rotatable bonds is 7. The second-order valence-electron chi connectivity index (χ2n) is 7.36. The molecule has 0 radical (unpaired) electrons. The van der Waals surface area contributed by atoms with Gasteiger partial charge in [0.05, 0.1) is 22.6 Å². The SMILES string of the molecule is CN(c1ccc(F)cc1)S(=O)(=O)c1ccc2[nH]c(=O)c3[nH]cc(OC(=O)OCCCN)c3c2c1.Cl. The average molecular weight is 525 g/mol. The van der Waals surface area contributed by atoms with Gasteiger partial charge >= 0.3 is 6.16 Å². The van der Waals surface area contributed by atoms with E-state index in [-0.39, 0.29) is 46.2 Å². The molecule has 4 rings (SSSR count). The van der Waals surface area contributed by atoms with Crippen molar-refractivity contribution in [3.05, 3.63) is 64.8 Å². The fourth-order valence-corrected chi connectivity index (χ4v) is 4.64. The van der Waals surface area contributed by atoms with Gasteiger partial charge in [0.15, 0.2) is 5.75 Å². The van der Waals surface area contributed by atoms with Gasteiger partial charge in [-0.3, -0.25) is 9.10 Å². The number of carbonyl (C=O) groups excluding carboxylic acids is 1. The van der Waals surface area contributed by atoms with Crippen LogP contribution in [0.1, 0.15) is 6.42 Å². The molecular formula is C22H22ClFN4O6S. The highest BCUT2D eigenvalue weighted by Gasteiger charge is 2.24. The number of halogens is 2. The Bertz CT molecular complexity index is 1540. The van der Waals surface area contributed by atoms with E-state index in [1.54, 1.807) is 0 Å². The minimum Gasteiger partial charge on any atom is -0.434 e. The first-order chi connectivity index (χ1) is 16.2. The maximum atomic E-state index is 13.3. The highest BCUT2D eigenvalue weighted by atomic mass is 35.5. The normalized spacial score (nSPS) is 11.3.